The molecule has 13 heteroatoms. The first kappa shape index (κ1) is 34.4. The van der Waals surface area contributed by atoms with Gasteiger partial charge in [0.25, 0.3) is 5.91 Å². The zero-order valence-corrected chi connectivity index (χ0v) is 27.2. The minimum atomic E-state index is -1.35. The summed E-state index contributed by atoms with van der Waals surface area (Å²) in [5, 5.41) is 33.9. The number of fused-ring (bicyclic) bond motifs is 1. The second-order valence-electron chi connectivity index (χ2n) is 10.3. The lowest BCUT2D eigenvalue weighted by atomic mass is 9.87. The fourth-order valence-corrected chi connectivity index (χ4v) is 5.95. The van der Waals surface area contributed by atoms with Crippen molar-refractivity contribution in [3.05, 3.63) is 79.2 Å². The second-order valence-corrected chi connectivity index (χ2v) is 11.5. The van der Waals surface area contributed by atoms with Crippen LogP contribution in [0.15, 0.2) is 63.3 Å². The van der Waals surface area contributed by atoms with Crippen LogP contribution in [0.25, 0.3) is 11.0 Å². The molecule has 3 atom stereocenters. The van der Waals surface area contributed by atoms with Crippen molar-refractivity contribution >= 4 is 45.4 Å². The molecule has 3 aromatic rings. The van der Waals surface area contributed by atoms with Crippen LogP contribution in [0.4, 0.5) is 0 Å². The van der Waals surface area contributed by atoms with Crippen molar-refractivity contribution in [2.75, 3.05) is 40.0 Å². The normalized spacial score (nSPS) is 17.9. The lowest BCUT2D eigenvalue weighted by Gasteiger charge is -2.40. The Labute approximate surface area is 273 Å². The lowest BCUT2D eigenvalue weighted by Crippen LogP contribution is -2.56. The highest BCUT2D eigenvalue weighted by atomic mass is 127. The Morgan fingerprint density at radius 3 is 2.67 bits per heavy atom. The molecule has 0 spiro atoms. The van der Waals surface area contributed by atoms with E-state index in [9.17, 15) is 29.7 Å². The number of nitrogens with one attached hydrogen (secondary N) is 1. The van der Waals surface area contributed by atoms with E-state index in [-0.39, 0.29) is 49.6 Å². The third kappa shape index (κ3) is 8.21. The van der Waals surface area contributed by atoms with Crippen molar-refractivity contribution in [2.24, 2.45) is 0 Å². The maximum absolute atomic E-state index is 14.1. The zero-order chi connectivity index (χ0) is 32.5. The summed E-state index contributed by atoms with van der Waals surface area (Å²) in [5.74, 6) is -0.599. The SMILES string of the molecule is CCOCCCN(C(=O)c1cc2ccccc2oc1=O)[C@@H]1CC(C(=O)NCCO)=C[C@H](Oc2c(I)cc(CO)cc2OC)[C@H]1O. The van der Waals surface area contributed by atoms with E-state index >= 15 is 0 Å². The highest BCUT2D eigenvalue weighted by Gasteiger charge is 2.41. The average molecular weight is 737 g/mol. The number of hydrogen-bond acceptors (Lipinski definition) is 10. The van der Waals surface area contributed by atoms with E-state index in [0.717, 1.165) is 0 Å². The molecule has 4 rings (SSSR count). The molecular weight excluding hydrogens is 699 g/mol. The molecule has 4 N–H and O–H groups in total. The summed E-state index contributed by atoms with van der Waals surface area (Å²) in [5.41, 5.74) is 0.0934. The summed E-state index contributed by atoms with van der Waals surface area (Å²) in [4.78, 5) is 41.7. The van der Waals surface area contributed by atoms with Crippen LogP contribution < -0.4 is 20.4 Å². The summed E-state index contributed by atoms with van der Waals surface area (Å²) in [6, 6.07) is 10.6. The van der Waals surface area contributed by atoms with Gasteiger partial charge in [0.2, 0.25) is 5.91 Å². The third-order valence-electron chi connectivity index (χ3n) is 7.36. The molecule has 0 aliphatic heterocycles. The van der Waals surface area contributed by atoms with Crippen molar-refractivity contribution < 1.29 is 43.5 Å². The maximum atomic E-state index is 14.1. The maximum Gasteiger partial charge on any atom is 0.349 e. The predicted octanol–water partition coefficient (Wildman–Crippen LogP) is 2.38. The van der Waals surface area contributed by atoms with Crippen LogP contribution in [0, 0.1) is 3.57 Å². The highest BCUT2D eigenvalue weighted by molar-refractivity contribution is 14.1. The van der Waals surface area contributed by atoms with Gasteiger partial charge in [-0.1, -0.05) is 18.2 Å². The summed E-state index contributed by atoms with van der Waals surface area (Å²) in [6.07, 6.45) is -0.666. The average Bonchev–Trinajstić information content (AvgIpc) is 3.04. The van der Waals surface area contributed by atoms with Gasteiger partial charge in [0.1, 0.15) is 23.4 Å². The number of carbonyl (C=O) groups excluding carboxylic acids is 2. The molecule has 12 nitrogen and oxygen atoms in total. The Morgan fingerprint density at radius 1 is 1.18 bits per heavy atom. The molecule has 0 fully saturated rings. The molecule has 45 heavy (non-hydrogen) atoms. The number of hydrogen-bond donors (Lipinski definition) is 4. The molecule has 0 radical (unpaired) electrons. The summed E-state index contributed by atoms with van der Waals surface area (Å²) in [7, 11) is 1.44. The first-order chi connectivity index (χ1) is 21.7. The fourth-order valence-electron chi connectivity index (χ4n) is 5.16. The number of aliphatic hydroxyl groups excluding tert-OH is 3. The Hall–Kier alpha value is -3.50. The van der Waals surface area contributed by atoms with Crippen molar-refractivity contribution in [1.29, 1.82) is 0 Å². The number of para-hydroxylation sites is 1. The number of ether oxygens (including phenoxy) is 3. The first-order valence-electron chi connectivity index (χ1n) is 14.6. The van der Waals surface area contributed by atoms with Gasteiger partial charge in [-0.25, -0.2) is 4.79 Å². The smallest absolute Gasteiger partial charge is 0.349 e. The fraction of sp³-hybridized carbons (Fsp3) is 0.406. The number of aliphatic hydroxyl groups is 3. The number of benzene rings is 2. The standard InChI is InChI=1S/C32H37IN2O10/c1-3-43-12-6-10-35(31(40)22-15-20-7-4-5-8-25(20)45-32(22)41)24-16-21(30(39)34-9-11-36)17-26(28(24)38)44-29-23(33)13-19(18-37)14-27(29)42-2/h4-5,7-8,13-15,17,24,26,28,36-38H,3,6,9-12,16,18H2,1-2H3,(H,34,39)/t24-,26+,28+/m1/s1. The Bertz CT molecular complexity index is 1590. The predicted molar refractivity (Wildman–Crippen MR) is 173 cm³/mol. The van der Waals surface area contributed by atoms with E-state index in [2.05, 4.69) is 5.32 Å². The molecule has 0 bridgehead atoms. The third-order valence-corrected chi connectivity index (χ3v) is 8.17. The minimum Gasteiger partial charge on any atom is -0.493 e. The van der Waals surface area contributed by atoms with Crippen molar-refractivity contribution in [3.63, 3.8) is 0 Å². The number of nitrogens with zero attached hydrogens (tertiary/aromatic N) is 1. The summed E-state index contributed by atoms with van der Waals surface area (Å²) >= 11 is 2.02. The topological polar surface area (TPSA) is 168 Å². The van der Waals surface area contributed by atoms with Crippen molar-refractivity contribution in [2.45, 2.75) is 44.6 Å². The molecule has 0 saturated heterocycles. The van der Waals surface area contributed by atoms with Gasteiger partial charge in [-0.05, 0) is 71.8 Å². The molecule has 1 aliphatic carbocycles. The summed E-state index contributed by atoms with van der Waals surface area (Å²) < 4.78 is 23.3. The van der Waals surface area contributed by atoms with E-state index in [1.54, 1.807) is 36.4 Å². The van der Waals surface area contributed by atoms with Gasteiger partial charge in [-0.2, -0.15) is 0 Å². The van der Waals surface area contributed by atoms with Gasteiger partial charge in [0.15, 0.2) is 11.5 Å². The Morgan fingerprint density at radius 2 is 1.96 bits per heavy atom. The highest BCUT2D eigenvalue weighted by Crippen LogP contribution is 2.37. The van der Waals surface area contributed by atoms with Gasteiger partial charge in [0, 0.05) is 43.7 Å². The molecule has 1 aromatic heterocycles. The number of carbonyl (C=O) groups is 2. The van der Waals surface area contributed by atoms with E-state index < -0.39 is 35.7 Å². The Balaban J connectivity index is 1.76. The van der Waals surface area contributed by atoms with Crippen molar-refractivity contribution in [3.8, 4) is 11.5 Å². The minimum absolute atomic E-state index is 0.00159. The molecule has 0 unspecified atom stereocenters. The summed E-state index contributed by atoms with van der Waals surface area (Å²) in [6.45, 7) is 2.23. The molecule has 1 heterocycles. The number of halogens is 1. The monoisotopic (exact) mass is 736 g/mol. The van der Waals surface area contributed by atoms with E-state index in [4.69, 9.17) is 18.6 Å². The van der Waals surface area contributed by atoms with Crippen LogP contribution in [-0.4, -0.2) is 90.3 Å². The number of methoxy groups -OCH3 is 1. The van der Waals surface area contributed by atoms with E-state index in [0.29, 0.717) is 45.5 Å². The Kier molecular flexibility index (Phi) is 12.4. The molecule has 2 aromatic carbocycles. The number of amides is 2. The van der Waals surface area contributed by atoms with Crippen LogP contribution in [0.5, 0.6) is 11.5 Å². The van der Waals surface area contributed by atoms with Gasteiger partial charge >= 0.3 is 5.63 Å². The second kappa shape index (κ2) is 16.2. The zero-order valence-electron chi connectivity index (χ0n) is 25.0. The lowest BCUT2D eigenvalue weighted by molar-refractivity contribution is -0.118. The van der Waals surface area contributed by atoms with Gasteiger partial charge in [-0.15, -0.1) is 0 Å². The molecular formula is C32H37IN2O10. The van der Waals surface area contributed by atoms with Crippen LogP contribution in [0.1, 0.15) is 35.7 Å². The van der Waals surface area contributed by atoms with Crippen molar-refractivity contribution in [1.82, 2.24) is 10.2 Å². The molecule has 1 aliphatic rings. The molecule has 242 valence electrons. The van der Waals surface area contributed by atoms with E-state index in [1.165, 1.54) is 24.2 Å². The van der Waals surface area contributed by atoms with Gasteiger partial charge in [0.05, 0.1) is 29.9 Å². The van der Waals surface area contributed by atoms with Crippen LogP contribution in [0.3, 0.4) is 0 Å². The van der Waals surface area contributed by atoms with Gasteiger partial charge in [-0.3, -0.25) is 9.59 Å². The van der Waals surface area contributed by atoms with Gasteiger partial charge < -0.3 is 44.2 Å². The number of rotatable bonds is 14. The quantitative estimate of drug-likeness (QED) is 0.110. The van der Waals surface area contributed by atoms with Crippen LogP contribution in [-0.2, 0) is 16.1 Å². The largest absolute Gasteiger partial charge is 0.493 e. The van der Waals surface area contributed by atoms with Crippen LogP contribution >= 0.6 is 22.6 Å². The molecule has 2 amide bonds. The van der Waals surface area contributed by atoms with Crippen LogP contribution in [0.2, 0.25) is 0 Å². The van der Waals surface area contributed by atoms with E-state index in [1.807, 2.05) is 29.5 Å². The molecule has 0 saturated carbocycles. The first-order valence-corrected chi connectivity index (χ1v) is 15.6.